The standard InChI is InChI=1S/C15H17NO/c1-2-3-4-8-15(17)16-14-10-9-12-6-5-7-13(12)11-14/h2-4,8-11H,5-7H2,1H3,(H,16,17). The van der Waals surface area contributed by atoms with Crippen LogP contribution in [0.5, 0.6) is 0 Å². The minimum Gasteiger partial charge on any atom is -0.323 e. The van der Waals surface area contributed by atoms with E-state index in [4.69, 9.17) is 0 Å². The topological polar surface area (TPSA) is 29.1 Å². The zero-order valence-corrected chi connectivity index (χ0v) is 10.1. The van der Waals surface area contributed by atoms with E-state index in [1.165, 1.54) is 30.0 Å². The second kappa shape index (κ2) is 5.48. The van der Waals surface area contributed by atoms with Gasteiger partial charge in [0.2, 0.25) is 5.91 Å². The molecule has 1 aromatic rings. The average molecular weight is 227 g/mol. The molecule has 2 rings (SSSR count). The highest BCUT2D eigenvalue weighted by Gasteiger charge is 2.10. The Balaban J connectivity index is 2.01. The highest BCUT2D eigenvalue weighted by molar-refractivity contribution is 5.99. The van der Waals surface area contributed by atoms with E-state index in [0.717, 1.165) is 12.1 Å². The lowest BCUT2D eigenvalue weighted by atomic mass is 10.1. The number of anilines is 1. The fourth-order valence-corrected chi connectivity index (χ4v) is 2.09. The van der Waals surface area contributed by atoms with Crippen molar-refractivity contribution >= 4 is 11.6 Å². The third kappa shape index (κ3) is 3.06. The van der Waals surface area contributed by atoms with Gasteiger partial charge in [-0.3, -0.25) is 4.79 Å². The van der Waals surface area contributed by atoms with E-state index in [2.05, 4.69) is 17.4 Å². The van der Waals surface area contributed by atoms with Crippen LogP contribution in [0.4, 0.5) is 5.69 Å². The molecule has 0 atom stereocenters. The third-order valence-electron chi connectivity index (χ3n) is 2.92. The highest BCUT2D eigenvalue weighted by atomic mass is 16.1. The van der Waals surface area contributed by atoms with Crippen LogP contribution in [0, 0.1) is 0 Å². The molecule has 0 unspecified atom stereocenters. The van der Waals surface area contributed by atoms with E-state index in [9.17, 15) is 4.79 Å². The highest BCUT2D eigenvalue weighted by Crippen LogP contribution is 2.24. The molecule has 2 heteroatoms. The number of benzene rings is 1. The summed E-state index contributed by atoms with van der Waals surface area (Å²) in [5.74, 6) is -0.0824. The van der Waals surface area contributed by atoms with E-state index in [1.54, 1.807) is 6.08 Å². The van der Waals surface area contributed by atoms with Crippen molar-refractivity contribution in [3.05, 3.63) is 53.6 Å². The van der Waals surface area contributed by atoms with Crippen LogP contribution in [0.2, 0.25) is 0 Å². The zero-order valence-electron chi connectivity index (χ0n) is 10.1. The van der Waals surface area contributed by atoms with Crippen molar-refractivity contribution in [2.24, 2.45) is 0 Å². The molecule has 1 aliphatic carbocycles. The van der Waals surface area contributed by atoms with Gasteiger partial charge < -0.3 is 5.32 Å². The molecule has 1 aliphatic rings. The Bertz CT molecular complexity index is 472. The summed E-state index contributed by atoms with van der Waals surface area (Å²) in [5, 5.41) is 2.87. The molecular formula is C15H17NO. The summed E-state index contributed by atoms with van der Waals surface area (Å²) in [5.41, 5.74) is 3.69. The molecule has 1 amide bonds. The second-order valence-electron chi connectivity index (χ2n) is 4.21. The number of amides is 1. The van der Waals surface area contributed by atoms with E-state index in [-0.39, 0.29) is 5.91 Å². The number of carbonyl (C=O) groups excluding carboxylic acids is 1. The minimum absolute atomic E-state index is 0.0824. The number of aryl methyl sites for hydroxylation is 2. The maximum Gasteiger partial charge on any atom is 0.248 e. The molecule has 0 radical (unpaired) electrons. The van der Waals surface area contributed by atoms with E-state index >= 15 is 0 Å². The SMILES string of the molecule is CC=CC=CC(=O)Nc1ccc2c(c1)CCC2. The summed E-state index contributed by atoms with van der Waals surface area (Å²) in [7, 11) is 0. The van der Waals surface area contributed by atoms with Crippen LogP contribution < -0.4 is 5.32 Å². The smallest absolute Gasteiger partial charge is 0.248 e. The Morgan fingerprint density at radius 1 is 1.24 bits per heavy atom. The number of allylic oxidation sites excluding steroid dienone is 3. The number of hydrogen-bond acceptors (Lipinski definition) is 1. The molecule has 1 N–H and O–H groups in total. The molecule has 0 aliphatic heterocycles. The average Bonchev–Trinajstić information content (AvgIpc) is 2.76. The Morgan fingerprint density at radius 2 is 2.06 bits per heavy atom. The lowest BCUT2D eigenvalue weighted by Gasteiger charge is -2.05. The maximum atomic E-state index is 11.6. The second-order valence-corrected chi connectivity index (χ2v) is 4.21. The minimum atomic E-state index is -0.0824. The van der Waals surface area contributed by atoms with Gasteiger partial charge in [0.15, 0.2) is 0 Å². The molecule has 88 valence electrons. The fraction of sp³-hybridized carbons (Fsp3) is 0.267. The third-order valence-corrected chi connectivity index (χ3v) is 2.92. The van der Waals surface area contributed by atoms with Gasteiger partial charge in [-0.1, -0.05) is 24.3 Å². The van der Waals surface area contributed by atoms with Gasteiger partial charge >= 0.3 is 0 Å². The van der Waals surface area contributed by atoms with E-state index in [0.29, 0.717) is 0 Å². The normalized spacial score (nSPS) is 14.4. The molecule has 2 nitrogen and oxygen atoms in total. The largest absolute Gasteiger partial charge is 0.323 e. The van der Waals surface area contributed by atoms with Crippen LogP contribution in [-0.4, -0.2) is 5.91 Å². The van der Waals surface area contributed by atoms with Crippen molar-refractivity contribution in [2.45, 2.75) is 26.2 Å². The van der Waals surface area contributed by atoms with Gasteiger partial charge in [0.1, 0.15) is 0 Å². The van der Waals surface area contributed by atoms with Crippen molar-refractivity contribution in [2.75, 3.05) is 5.32 Å². The first-order chi connectivity index (χ1) is 8.29. The first-order valence-electron chi connectivity index (χ1n) is 6.02. The van der Waals surface area contributed by atoms with Gasteiger partial charge in [0.25, 0.3) is 0 Å². The zero-order chi connectivity index (χ0) is 12.1. The van der Waals surface area contributed by atoms with E-state index < -0.39 is 0 Å². The molecule has 0 saturated carbocycles. The van der Waals surface area contributed by atoms with E-state index in [1.807, 2.05) is 25.1 Å². The summed E-state index contributed by atoms with van der Waals surface area (Å²) in [6.45, 7) is 1.92. The number of rotatable bonds is 3. The molecule has 0 saturated heterocycles. The molecule has 17 heavy (non-hydrogen) atoms. The van der Waals surface area contributed by atoms with Crippen molar-refractivity contribution in [1.29, 1.82) is 0 Å². The summed E-state index contributed by atoms with van der Waals surface area (Å²) in [6, 6.07) is 6.18. The Morgan fingerprint density at radius 3 is 2.88 bits per heavy atom. The number of carbonyl (C=O) groups is 1. The Kier molecular flexibility index (Phi) is 3.76. The maximum absolute atomic E-state index is 11.6. The van der Waals surface area contributed by atoms with Gasteiger partial charge in [-0.15, -0.1) is 0 Å². The lowest BCUT2D eigenvalue weighted by molar-refractivity contribution is -0.111. The van der Waals surface area contributed by atoms with Crippen LogP contribution in [0.1, 0.15) is 24.5 Å². The van der Waals surface area contributed by atoms with Crippen molar-refractivity contribution in [3.63, 3.8) is 0 Å². The van der Waals surface area contributed by atoms with Gasteiger partial charge in [0, 0.05) is 11.8 Å². The van der Waals surface area contributed by atoms with Crippen molar-refractivity contribution in [1.82, 2.24) is 0 Å². The first-order valence-corrected chi connectivity index (χ1v) is 6.02. The molecular weight excluding hydrogens is 210 g/mol. The van der Waals surface area contributed by atoms with Crippen LogP contribution in [-0.2, 0) is 17.6 Å². The van der Waals surface area contributed by atoms with Gasteiger partial charge in [0.05, 0.1) is 0 Å². The number of fused-ring (bicyclic) bond motifs is 1. The van der Waals surface area contributed by atoms with Crippen molar-refractivity contribution < 1.29 is 4.79 Å². The number of nitrogens with one attached hydrogen (secondary N) is 1. The predicted octanol–water partition coefficient (Wildman–Crippen LogP) is 3.25. The van der Waals surface area contributed by atoms with Gasteiger partial charge in [-0.05, 0) is 49.4 Å². The number of hydrogen-bond donors (Lipinski definition) is 1. The molecule has 0 heterocycles. The molecule has 0 fully saturated rings. The monoisotopic (exact) mass is 227 g/mol. The summed E-state index contributed by atoms with van der Waals surface area (Å²) >= 11 is 0. The quantitative estimate of drug-likeness (QED) is 0.623. The Hall–Kier alpha value is -1.83. The molecule has 0 aromatic heterocycles. The van der Waals surface area contributed by atoms with Gasteiger partial charge in [-0.25, -0.2) is 0 Å². The molecule has 0 bridgehead atoms. The predicted molar refractivity (Wildman–Crippen MR) is 71.1 cm³/mol. The summed E-state index contributed by atoms with van der Waals surface area (Å²) < 4.78 is 0. The van der Waals surface area contributed by atoms with Crippen LogP contribution in [0.25, 0.3) is 0 Å². The lowest BCUT2D eigenvalue weighted by Crippen LogP contribution is -2.07. The Labute approximate surface area is 102 Å². The molecule has 1 aromatic carbocycles. The fourth-order valence-electron chi connectivity index (χ4n) is 2.09. The van der Waals surface area contributed by atoms with Crippen LogP contribution in [0.3, 0.4) is 0 Å². The molecule has 0 spiro atoms. The first kappa shape index (κ1) is 11.6. The van der Waals surface area contributed by atoms with Crippen molar-refractivity contribution in [3.8, 4) is 0 Å². The summed E-state index contributed by atoms with van der Waals surface area (Å²) in [4.78, 5) is 11.6. The van der Waals surface area contributed by atoms with Gasteiger partial charge in [-0.2, -0.15) is 0 Å². The van der Waals surface area contributed by atoms with Crippen LogP contribution >= 0.6 is 0 Å². The summed E-state index contributed by atoms with van der Waals surface area (Å²) in [6.07, 6.45) is 10.5. The van der Waals surface area contributed by atoms with Crippen LogP contribution in [0.15, 0.2) is 42.5 Å².